The van der Waals surface area contributed by atoms with E-state index in [1.807, 2.05) is 43.0 Å². The molecule has 1 aromatic rings. The zero-order chi connectivity index (χ0) is 13.7. The third-order valence-corrected chi connectivity index (χ3v) is 4.55. The molecule has 2 aliphatic rings. The van der Waals surface area contributed by atoms with E-state index in [0.29, 0.717) is 13.0 Å². The Morgan fingerprint density at radius 3 is 2.63 bits per heavy atom. The number of nitriles is 1. The van der Waals surface area contributed by atoms with Crippen LogP contribution in [0.25, 0.3) is 0 Å². The van der Waals surface area contributed by atoms with Crippen molar-refractivity contribution in [3.63, 3.8) is 0 Å². The number of carbonyl (C=O) groups excluding carboxylic acids is 1. The lowest BCUT2D eigenvalue weighted by molar-refractivity contribution is -0.122. The van der Waals surface area contributed by atoms with Crippen LogP contribution in [0.4, 0.5) is 5.69 Å². The summed E-state index contributed by atoms with van der Waals surface area (Å²) in [5.41, 5.74) is 1.74. The molecule has 1 aliphatic carbocycles. The summed E-state index contributed by atoms with van der Waals surface area (Å²) in [4.78, 5) is 14.5. The lowest BCUT2D eigenvalue weighted by atomic mass is 9.86. The minimum Gasteiger partial charge on any atom is -0.311 e. The van der Waals surface area contributed by atoms with Crippen molar-refractivity contribution < 1.29 is 4.79 Å². The van der Waals surface area contributed by atoms with Crippen LogP contribution in [0, 0.1) is 16.7 Å². The highest BCUT2D eigenvalue weighted by atomic mass is 16.2. The molecule has 0 radical (unpaired) electrons. The number of rotatable bonds is 3. The van der Waals surface area contributed by atoms with E-state index in [4.69, 9.17) is 5.26 Å². The summed E-state index contributed by atoms with van der Waals surface area (Å²) in [5, 5.41) is 8.93. The topological polar surface area (TPSA) is 44.1 Å². The Labute approximate surface area is 113 Å². The Balaban J connectivity index is 1.96. The third-order valence-electron chi connectivity index (χ3n) is 4.55. The quantitative estimate of drug-likeness (QED) is 0.832. The number of nitrogens with zero attached hydrogens (tertiary/aromatic N) is 2. The average molecular weight is 254 g/mol. The maximum atomic E-state index is 12.6. The number of benzene rings is 1. The Morgan fingerprint density at radius 2 is 2.00 bits per heavy atom. The van der Waals surface area contributed by atoms with Crippen LogP contribution in [-0.2, 0) is 10.2 Å². The van der Waals surface area contributed by atoms with Crippen LogP contribution in [0.1, 0.15) is 38.7 Å². The molecular weight excluding hydrogens is 236 g/mol. The molecule has 98 valence electrons. The predicted octanol–water partition coefficient (Wildman–Crippen LogP) is 3.00. The fourth-order valence-electron chi connectivity index (χ4n) is 3.03. The Kier molecular flexibility index (Phi) is 2.47. The molecule has 0 saturated heterocycles. The van der Waals surface area contributed by atoms with E-state index in [2.05, 4.69) is 6.07 Å². The van der Waals surface area contributed by atoms with Crippen LogP contribution in [-0.4, -0.2) is 12.5 Å². The largest absolute Gasteiger partial charge is 0.311 e. The van der Waals surface area contributed by atoms with Crippen molar-refractivity contribution in [2.75, 3.05) is 11.4 Å². The molecule has 1 amide bonds. The number of anilines is 1. The second kappa shape index (κ2) is 3.84. The fourth-order valence-corrected chi connectivity index (χ4v) is 3.03. The van der Waals surface area contributed by atoms with Crippen molar-refractivity contribution in [2.24, 2.45) is 5.41 Å². The maximum Gasteiger partial charge on any atom is 0.237 e. The lowest BCUT2D eigenvalue weighted by Crippen LogP contribution is -2.39. The highest BCUT2D eigenvalue weighted by Gasteiger charge is 2.50. The first-order valence-electron chi connectivity index (χ1n) is 6.79. The molecule has 1 aliphatic heterocycles. The van der Waals surface area contributed by atoms with Gasteiger partial charge in [0, 0.05) is 24.1 Å². The summed E-state index contributed by atoms with van der Waals surface area (Å²) in [6, 6.07) is 10.3. The SMILES string of the molecule is CC1(C)C(=O)N(CC2(CC#N)CC2)c2ccccc21. The third kappa shape index (κ3) is 1.74. The summed E-state index contributed by atoms with van der Waals surface area (Å²) in [6.07, 6.45) is 2.68. The molecule has 1 aromatic carbocycles. The highest BCUT2D eigenvalue weighted by Crippen LogP contribution is 2.52. The van der Waals surface area contributed by atoms with Gasteiger partial charge in [0.2, 0.25) is 5.91 Å². The molecule has 3 nitrogen and oxygen atoms in total. The zero-order valence-electron chi connectivity index (χ0n) is 11.4. The highest BCUT2D eigenvalue weighted by molar-refractivity contribution is 6.07. The molecule has 1 heterocycles. The number of carbonyl (C=O) groups is 1. The van der Waals surface area contributed by atoms with E-state index in [0.717, 1.165) is 24.1 Å². The van der Waals surface area contributed by atoms with Crippen molar-refractivity contribution in [2.45, 2.75) is 38.5 Å². The van der Waals surface area contributed by atoms with Gasteiger partial charge in [0.15, 0.2) is 0 Å². The van der Waals surface area contributed by atoms with Gasteiger partial charge in [0.1, 0.15) is 0 Å². The molecule has 3 heteroatoms. The van der Waals surface area contributed by atoms with E-state index in [9.17, 15) is 4.79 Å². The second-order valence-corrected chi connectivity index (χ2v) is 6.37. The Morgan fingerprint density at radius 1 is 1.32 bits per heavy atom. The minimum absolute atomic E-state index is 0.0535. The van der Waals surface area contributed by atoms with Gasteiger partial charge in [-0.25, -0.2) is 0 Å². The summed E-state index contributed by atoms with van der Waals surface area (Å²) >= 11 is 0. The van der Waals surface area contributed by atoms with Crippen molar-refractivity contribution in [1.29, 1.82) is 5.26 Å². The van der Waals surface area contributed by atoms with E-state index >= 15 is 0 Å². The molecule has 0 bridgehead atoms. The van der Waals surface area contributed by atoms with E-state index in [1.165, 1.54) is 0 Å². The normalized spacial score (nSPS) is 21.9. The van der Waals surface area contributed by atoms with E-state index < -0.39 is 5.41 Å². The summed E-state index contributed by atoms with van der Waals surface area (Å²) < 4.78 is 0. The molecule has 0 spiro atoms. The summed E-state index contributed by atoms with van der Waals surface area (Å²) in [6.45, 7) is 4.66. The molecule has 19 heavy (non-hydrogen) atoms. The smallest absolute Gasteiger partial charge is 0.237 e. The van der Waals surface area contributed by atoms with E-state index in [1.54, 1.807) is 0 Å². The van der Waals surface area contributed by atoms with Crippen molar-refractivity contribution in [3.8, 4) is 6.07 Å². The summed E-state index contributed by atoms with van der Waals surface area (Å²) in [5.74, 6) is 0.165. The maximum absolute atomic E-state index is 12.6. The van der Waals surface area contributed by atoms with Crippen LogP contribution in [0.3, 0.4) is 0 Å². The van der Waals surface area contributed by atoms with Gasteiger partial charge in [-0.1, -0.05) is 18.2 Å². The minimum atomic E-state index is -0.445. The van der Waals surface area contributed by atoms with Crippen LogP contribution in [0.5, 0.6) is 0 Å². The van der Waals surface area contributed by atoms with Gasteiger partial charge in [0.25, 0.3) is 0 Å². The molecule has 0 N–H and O–H groups in total. The molecule has 0 unspecified atom stereocenters. The molecule has 1 saturated carbocycles. The van der Waals surface area contributed by atoms with Gasteiger partial charge >= 0.3 is 0 Å². The fraction of sp³-hybridized carbons (Fsp3) is 0.500. The standard InChI is InChI=1S/C16H18N2O/c1-15(2)12-5-3-4-6-13(12)18(14(15)19)11-16(7-8-16)9-10-17/h3-6H,7-9,11H2,1-2H3. The molecule has 0 aromatic heterocycles. The number of hydrogen-bond acceptors (Lipinski definition) is 2. The molecular formula is C16H18N2O. The van der Waals surface area contributed by atoms with Gasteiger partial charge in [-0.15, -0.1) is 0 Å². The second-order valence-electron chi connectivity index (χ2n) is 6.37. The monoisotopic (exact) mass is 254 g/mol. The number of fused-ring (bicyclic) bond motifs is 1. The first kappa shape index (κ1) is 12.2. The first-order chi connectivity index (χ1) is 9.00. The zero-order valence-corrected chi connectivity index (χ0v) is 11.4. The Hall–Kier alpha value is -1.82. The van der Waals surface area contributed by atoms with Crippen molar-refractivity contribution in [1.82, 2.24) is 0 Å². The van der Waals surface area contributed by atoms with Crippen LogP contribution in [0.15, 0.2) is 24.3 Å². The number of para-hydroxylation sites is 1. The van der Waals surface area contributed by atoms with E-state index in [-0.39, 0.29) is 11.3 Å². The van der Waals surface area contributed by atoms with Crippen LogP contribution < -0.4 is 4.90 Å². The molecule has 0 atom stereocenters. The van der Waals surface area contributed by atoms with Crippen molar-refractivity contribution >= 4 is 11.6 Å². The van der Waals surface area contributed by atoms with Gasteiger partial charge < -0.3 is 4.90 Å². The molecule has 3 rings (SSSR count). The van der Waals surface area contributed by atoms with Gasteiger partial charge in [0.05, 0.1) is 11.5 Å². The van der Waals surface area contributed by atoms with Crippen LogP contribution in [0.2, 0.25) is 0 Å². The number of hydrogen-bond donors (Lipinski definition) is 0. The summed E-state index contributed by atoms with van der Waals surface area (Å²) in [7, 11) is 0. The van der Waals surface area contributed by atoms with Crippen LogP contribution >= 0.6 is 0 Å². The first-order valence-corrected chi connectivity index (χ1v) is 6.79. The molecule has 1 fully saturated rings. The van der Waals surface area contributed by atoms with Gasteiger partial charge in [-0.3, -0.25) is 4.79 Å². The predicted molar refractivity (Wildman–Crippen MR) is 73.7 cm³/mol. The van der Waals surface area contributed by atoms with Gasteiger partial charge in [-0.05, 0) is 38.3 Å². The number of amides is 1. The van der Waals surface area contributed by atoms with Gasteiger partial charge in [-0.2, -0.15) is 5.26 Å². The lowest BCUT2D eigenvalue weighted by Gasteiger charge is -2.24. The van der Waals surface area contributed by atoms with Crippen molar-refractivity contribution in [3.05, 3.63) is 29.8 Å². The Bertz CT molecular complexity index is 579. The average Bonchev–Trinajstić information content (AvgIpc) is 3.12.